The third-order valence-electron chi connectivity index (χ3n) is 3.93. The van der Waals surface area contributed by atoms with Crippen molar-refractivity contribution in [1.82, 2.24) is 5.32 Å². The van der Waals surface area contributed by atoms with Crippen molar-refractivity contribution in [1.29, 1.82) is 0 Å². The predicted molar refractivity (Wildman–Crippen MR) is 74.5 cm³/mol. The van der Waals surface area contributed by atoms with Crippen molar-refractivity contribution in [2.24, 2.45) is 5.41 Å². The van der Waals surface area contributed by atoms with Gasteiger partial charge in [0.15, 0.2) is 0 Å². The van der Waals surface area contributed by atoms with Gasteiger partial charge in [0.2, 0.25) is 0 Å². The summed E-state index contributed by atoms with van der Waals surface area (Å²) in [7, 11) is 2.06. The van der Waals surface area contributed by atoms with Gasteiger partial charge >= 0.3 is 0 Å². The molecule has 0 bridgehead atoms. The Morgan fingerprint density at radius 1 is 1.44 bits per heavy atom. The van der Waals surface area contributed by atoms with E-state index in [1.165, 1.54) is 25.3 Å². The van der Waals surface area contributed by atoms with Crippen molar-refractivity contribution in [3.8, 4) is 0 Å². The fourth-order valence-electron chi connectivity index (χ4n) is 3.06. The van der Waals surface area contributed by atoms with Crippen molar-refractivity contribution in [2.45, 2.75) is 26.2 Å². The Kier molecular flexibility index (Phi) is 4.23. The van der Waals surface area contributed by atoms with E-state index < -0.39 is 0 Å². The minimum atomic E-state index is -0.159. The second-order valence-electron chi connectivity index (χ2n) is 5.51. The molecule has 1 saturated heterocycles. The number of anilines is 1. The van der Waals surface area contributed by atoms with Gasteiger partial charge in [-0.3, -0.25) is 0 Å². The lowest BCUT2D eigenvalue weighted by atomic mass is 9.82. The molecule has 1 heterocycles. The summed E-state index contributed by atoms with van der Waals surface area (Å²) in [6.07, 6.45) is 3.67. The van der Waals surface area contributed by atoms with Crippen LogP contribution in [0.5, 0.6) is 0 Å². The second kappa shape index (κ2) is 5.70. The SMILES string of the molecule is CCCC1(CN(C)c2cccc(F)c2)CCNC1. The number of hydrogen-bond acceptors (Lipinski definition) is 2. The number of hydrogen-bond donors (Lipinski definition) is 1. The quantitative estimate of drug-likeness (QED) is 0.864. The van der Waals surface area contributed by atoms with Crippen LogP contribution in [0.15, 0.2) is 24.3 Å². The molecule has 1 fully saturated rings. The van der Waals surface area contributed by atoms with Crippen LogP contribution < -0.4 is 10.2 Å². The van der Waals surface area contributed by atoms with Gasteiger partial charge in [-0.1, -0.05) is 19.4 Å². The van der Waals surface area contributed by atoms with Crippen molar-refractivity contribution >= 4 is 5.69 Å². The van der Waals surface area contributed by atoms with E-state index in [-0.39, 0.29) is 5.82 Å². The van der Waals surface area contributed by atoms with E-state index in [1.807, 2.05) is 6.07 Å². The monoisotopic (exact) mass is 250 g/mol. The Bertz CT molecular complexity index is 386. The number of halogens is 1. The molecule has 0 aliphatic carbocycles. The maximum absolute atomic E-state index is 13.2. The van der Waals surface area contributed by atoms with Gasteiger partial charge in [-0.2, -0.15) is 0 Å². The Morgan fingerprint density at radius 3 is 2.89 bits per heavy atom. The van der Waals surface area contributed by atoms with Gasteiger partial charge in [0.05, 0.1) is 0 Å². The average Bonchev–Trinajstić information content (AvgIpc) is 2.78. The molecule has 0 spiro atoms. The van der Waals surface area contributed by atoms with Crippen LogP contribution in [0.2, 0.25) is 0 Å². The van der Waals surface area contributed by atoms with E-state index >= 15 is 0 Å². The van der Waals surface area contributed by atoms with E-state index in [0.717, 1.165) is 25.3 Å². The molecule has 2 nitrogen and oxygen atoms in total. The molecule has 1 atom stereocenters. The molecule has 2 rings (SSSR count). The summed E-state index contributed by atoms with van der Waals surface area (Å²) in [5, 5.41) is 3.47. The van der Waals surface area contributed by atoms with Gasteiger partial charge in [-0.05, 0) is 37.6 Å². The first kappa shape index (κ1) is 13.3. The molecule has 1 aliphatic rings. The number of rotatable bonds is 5. The molecule has 1 unspecified atom stereocenters. The lowest BCUT2D eigenvalue weighted by molar-refractivity contribution is 0.299. The molecular formula is C15H23FN2. The molecule has 1 aromatic rings. The van der Waals surface area contributed by atoms with Crippen molar-refractivity contribution < 1.29 is 4.39 Å². The second-order valence-corrected chi connectivity index (χ2v) is 5.51. The Hall–Kier alpha value is -1.09. The first-order valence-corrected chi connectivity index (χ1v) is 6.83. The largest absolute Gasteiger partial charge is 0.374 e. The van der Waals surface area contributed by atoms with Crippen LogP contribution in [-0.4, -0.2) is 26.7 Å². The zero-order valence-electron chi connectivity index (χ0n) is 11.4. The van der Waals surface area contributed by atoms with Crippen LogP contribution in [0.4, 0.5) is 10.1 Å². The van der Waals surface area contributed by atoms with Crippen LogP contribution in [0.3, 0.4) is 0 Å². The summed E-state index contributed by atoms with van der Waals surface area (Å²) >= 11 is 0. The molecule has 0 saturated carbocycles. The highest BCUT2D eigenvalue weighted by Crippen LogP contribution is 2.33. The summed E-state index contributed by atoms with van der Waals surface area (Å²) in [4.78, 5) is 2.19. The van der Waals surface area contributed by atoms with Crippen LogP contribution in [0, 0.1) is 11.2 Å². The van der Waals surface area contributed by atoms with Crippen LogP contribution in [-0.2, 0) is 0 Å². The van der Waals surface area contributed by atoms with E-state index in [2.05, 4.69) is 24.2 Å². The summed E-state index contributed by atoms with van der Waals surface area (Å²) < 4.78 is 13.2. The fraction of sp³-hybridized carbons (Fsp3) is 0.600. The van der Waals surface area contributed by atoms with Gasteiger partial charge in [0.1, 0.15) is 5.82 Å². The van der Waals surface area contributed by atoms with E-state index in [1.54, 1.807) is 12.1 Å². The molecule has 0 radical (unpaired) electrons. The molecule has 1 N–H and O–H groups in total. The topological polar surface area (TPSA) is 15.3 Å². The summed E-state index contributed by atoms with van der Waals surface area (Å²) in [5.41, 5.74) is 1.33. The molecule has 18 heavy (non-hydrogen) atoms. The third kappa shape index (κ3) is 3.02. The fourth-order valence-corrected chi connectivity index (χ4v) is 3.06. The van der Waals surface area contributed by atoms with Gasteiger partial charge < -0.3 is 10.2 Å². The third-order valence-corrected chi connectivity index (χ3v) is 3.93. The maximum atomic E-state index is 13.2. The van der Waals surface area contributed by atoms with Crippen LogP contribution in [0.25, 0.3) is 0 Å². The maximum Gasteiger partial charge on any atom is 0.125 e. The van der Waals surface area contributed by atoms with E-state index in [4.69, 9.17) is 0 Å². The minimum absolute atomic E-state index is 0.159. The van der Waals surface area contributed by atoms with Crippen molar-refractivity contribution in [3.05, 3.63) is 30.1 Å². The number of nitrogens with one attached hydrogen (secondary N) is 1. The lowest BCUT2D eigenvalue weighted by Crippen LogP contribution is -2.37. The number of nitrogens with zero attached hydrogens (tertiary/aromatic N) is 1. The minimum Gasteiger partial charge on any atom is -0.374 e. The average molecular weight is 250 g/mol. The highest BCUT2D eigenvalue weighted by atomic mass is 19.1. The number of benzene rings is 1. The Balaban J connectivity index is 2.07. The summed E-state index contributed by atoms with van der Waals surface area (Å²) in [5.74, 6) is -0.159. The standard InChI is InChI=1S/C15H23FN2/c1-3-7-15(8-9-17-11-15)12-18(2)14-6-4-5-13(16)10-14/h4-6,10,17H,3,7-9,11-12H2,1-2H3. The first-order chi connectivity index (χ1) is 8.65. The zero-order valence-corrected chi connectivity index (χ0v) is 11.4. The van der Waals surface area contributed by atoms with Gasteiger partial charge in [-0.25, -0.2) is 4.39 Å². The predicted octanol–water partition coefficient (Wildman–Crippen LogP) is 3.04. The molecule has 0 amide bonds. The van der Waals surface area contributed by atoms with Crippen LogP contribution >= 0.6 is 0 Å². The molecule has 100 valence electrons. The van der Waals surface area contributed by atoms with Gasteiger partial charge in [0.25, 0.3) is 0 Å². The zero-order chi connectivity index (χ0) is 13.0. The molecule has 0 aromatic heterocycles. The normalized spacial score (nSPS) is 23.3. The van der Waals surface area contributed by atoms with Gasteiger partial charge in [-0.15, -0.1) is 0 Å². The molecule has 1 aromatic carbocycles. The lowest BCUT2D eigenvalue weighted by Gasteiger charge is -2.34. The summed E-state index contributed by atoms with van der Waals surface area (Å²) in [6.45, 7) is 5.43. The van der Waals surface area contributed by atoms with E-state index in [0.29, 0.717) is 5.41 Å². The highest BCUT2D eigenvalue weighted by molar-refractivity contribution is 5.45. The Labute approximate surface area is 109 Å². The molecule has 3 heteroatoms. The summed E-state index contributed by atoms with van der Waals surface area (Å²) in [6, 6.07) is 6.87. The molecular weight excluding hydrogens is 227 g/mol. The van der Waals surface area contributed by atoms with E-state index in [9.17, 15) is 4.39 Å². The van der Waals surface area contributed by atoms with Crippen molar-refractivity contribution in [2.75, 3.05) is 31.6 Å². The first-order valence-electron chi connectivity index (χ1n) is 6.83. The van der Waals surface area contributed by atoms with Crippen molar-refractivity contribution in [3.63, 3.8) is 0 Å². The van der Waals surface area contributed by atoms with Gasteiger partial charge in [0, 0.05) is 31.2 Å². The van der Waals surface area contributed by atoms with Crippen LogP contribution in [0.1, 0.15) is 26.2 Å². The smallest absolute Gasteiger partial charge is 0.125 e. The molecule has 1 aliphatic heterocycles. The highest BCUT2D eigenvalue weighted by Gasteiger charge is 2.34. The Morgan fingerprint density at radius 2 is 2.28 bits per heavy atom.